The molecule has 1 amide bonds. The number of ether oxygens (including phenoxy) is 1. The second-order valence-electron chi connectivity index (χ2n) is 7.31. The third-order valence-corrected chi connectivity index (χ3v) is 5.37. The summed E-state index contributed by atoms with van der Waals surface area (Å²) in [6, 6.07) is 6.87. The Bertz CT molecular complexity index is 974. The van der Waals surface area contributed by atoms with Crippen LogP contribution in [-0.4, -0.2) is 30.5 Å². The fourth-order valence-electron chi connectivity index (χ4n) is 3.88. The molecule has 0 spiro atoms. The Morgan fingerprint density at radius 1 is 1.17 bits per heavy atom. The standard InChI is InChI=1S/C20H19F2N3O4/c21-14-2-1-13(8-15(14)22)7-12-3-5-24(6-4-12)17-9-16-19(10-18(17)25(27)28)29-11-20(26)23-16/h1-2,8-10,12H,3-7,11H2,(H,23,26). The monoisotopic (exact) mass is 403 g/mol. The molecule has 9 heteroatoms. The number of benzene rings is 2. The fourth-order valence-corrected chi connectivity index (χ4v) is 3.88. The van der Waals surface area contributed by atoms with Crippen molar-refractivity contribution in [3.63, 3.8) is 0 Å². The van der Waals surface area contributed by atoms with Crippen molar-refractivity contribution in [2.45, 2.75) is 19.3 Å². The van der Waals surface area contributed by atoms with E-state index in [0.29, 0.717) is 30.9 Å². The number of fused-ring (bicyclic) bond motifs is 1. The number of carbonyl (C=O) groups is 1. The number of halogens is 2. The van der Waals surface area contributed by atoms with Gasteiger partial charge in [0.25, 0.3) is 11.6 Å². The number of nitro groups is 1. The van der Waals surface area contributed by atoms with Crippen LogP contribution in [-0.2, 0) is 11.2 Å². The molecule has 0 bridgehead atoms. The van der Waals surface area contributed by atoms with E-state index in [2.05, 4.69) is 5.32 Å². The van der Waals surface area contributed by atoms with Gasteiger partial charge in [-0.05, 0) is 48.9 Å². The first-order valence-electron chi connectivity index (χ1n) is 9.34. The fraction of sp³-hybridized carbons (Fsp3) is 0.350. The largest absolute Gasteiger partial charge is 0.481 e. The van der Waals surface area contributed by atoms with Crippen molar-refractivity contribution in [1.29, 1.82) is 0 Å². The molecule has 152 valence electrons. The summed E-state index contributed by atoms with van der Waals surface area (Å²) in [7, 11) is 0. The summed E-state index contributed by atoms with van der Waals surface area (Å²) >= 11 is 0. The third-order valence-electron chi connectivity index (χ3n) is 5.37. The average molecular weight is 403 g/mol. The van der Waals surface area contributed by atoms with Crippen molar-refractivity contribution >= 4 is 23.0 Å². The zero-order chi connectivity index (χ0) is 20.5. The maximum atomic E-state index is 13.4. The summed E-state index contributed by atoms with van der Waals surface area (Å²) in [5, 5.41) is 14.2. The second-order valence-corrected chi connectivity index (χ2v) is 7.31. The normalized spacial score (nSPS) is 16.8. The van der Waals surface area contributed by atoms with E-state index in [1.54, 1.807) is 12.1 Å². The minimum absolute atomic E-state index is 0.0704. The molecule has 0 aromatic heterocycles. The number of hydrogen-bond acceptors (Lipinski definition) is 5. The van der Waals surface area contributed by atoms with E-state index in [-0.39, 0.29) is 29.9 Å². The van der Waals surface area contributed by atoms with Crippen LogP contribution in [0.25, 0.3) is 0 Å². The smallest absolute Gasteiger partial charge is 0.296 e. The summed E-state index contributed by atoms with van der Waals surface area (Å²) in [5.74, 6) is -1.46. The molecule has 0 atom stereocenters. The van der Waals surface area contributed by atoms with Gasteiger partial charge in [0, 0.05) is 13.1 Å². The predicted molar refractivity (Wildman–Crippen MR) is 102 cm³/mol. The molecule has 0 unspecified atom stereocenters. The van der Waals surface area contributed by atoms with Crippen LogP contribution in [0.2, 0.25) is 0 Å². The van der Waals surface area contributed by atoms with Crippen LogP contribution in [0.1, 0.15) is 18.4 Å². The number of nitro benzene ring substituents is 1. The van der Waals surface area contributed by atoms with Gasteiger partial charge in [-0.2, -0.15) is 0 Å². The van der Waals surface area contributed by atoms with E-state index >= 15 is 0 Å². The molecule has 0 radical (unpaired) electrons. The van der Waals surface area contributed by atoms with Gasteiger partial charge in [-0.1, -0.05) is 6.07 Å². The Balaban J connectivity index is 1.49. The number of carbonyl (C=O) groups excluding carboxylic acids is 1. The summed E-state index contributed by atoms with van der Waals surface area (Å²) in [4.78, 5) is 24.6. The summed E-state index contributed by atoms with van der Waals surface area (Å²) in [6.07, 6.45) is 2.15. The maximum absolute atomic E-state index is 13.4. The van der Waals surface area contributed by atoms with Crippen LogP contribution in [0.3, 0.4) is 0 Å². The summed E-state index contributed by atoms with van der Waals surface area (Å²) in [6.45, 7) is 1.00. The molecular weight excluding hydrogens is 384 g/mol. The summed E-state index contributed by atoms with van der Waals surface area (Å²) in [5.41, 5.74) is 1.53. The molecule has 1 fully saturated rings. The van der Waals surface area contributed by atoms with Gasteiger partial charge >= 0.3 is 0 Å². The molecular formula is C20H19F2N3O4. The van der Waals surface area contributed by atoms with E-state index in [1.807, 2.05) is 4.90 Å². The quantitative estimate of drug-likeness (QED) is 0.622. The molecule has 2 aliphatic rings. The van der Waals surface area contributed by atoms with Crippen molar-refractivity contribution in [3.05, 3.63) is 57.6 Å². The van der Waals surface area contributed by atoms with Crippen molar-refractivity contribution < 1.29 is 23.2 Å². The number of piperidine rings is 1. The van der Waals surface area contributed by atoms with E-state index in [4.69, 9.17) is 4.74 Å². The number of rotatable bonds is 4. The van der Waals surface area contributed by atoms with Crippen LogP contribution in [0.5, 0.6) is 5.75 Å². The van der Waals surface area contributed by atoms with E-state index in [9.17, 15) is 23.7 Å². The second kappa shape index (κ2) is 7.65. The Morgan fingerprint density at radius 2 is 1.93 bits per heavy atom. The lowest BCUT2D eigenvalue weighted by molar-refractivity contribution is -0.384. The van der Waals surface area contributed by atoms with Gasteiger partial charge in [0.1, 0.15) is 5.69 Å². The first-order valence-corrected chi connectivity index (χ1v) is 9.34. The van der Waals surface area contributed by atoms with Gasteiger partial charge in [0.15, 0.2) is 24.0 Å². The maximum Gasteiger partial charge on any atom is 0.296 e. The van der Waals surface area contributed by atoms with Gasteiger partial charge in [-0.15, -0.1) is 0 Å². The predicted octanol–water partition coefficient (Wildman–Crippen LogP) is 3.66. The SMILES string of the molecule is O=C1COc2cc([N+](=O)[O-])c(N3CCC(Cc4ccc(F)c(F)c4)CC3)cc2N1. The Morgan fingerprint density at radius 3 is 2.62 bits per heavy atom. The van der Waals surface area contributed by atoms with Crippen LogP contribution < -0.4 is 15.0 Å². The van der Waals surface area contributed by atoms with Gasteiger partial charge in [0.2, 0.25) is 0 Å². The molecule has 2 aliphatic heterocycles. The van der Waals surface area contributed by atoms with Gasteiger partial charge in [0.05, 0.1) is 16.7 Å². The molecule has 2 aromatic carbocycles. The number of hydrogen-bond donors (Lipinski definition) is 1. The molecule has 29 heavy (non-hydrogen) atoms. The van der Waals surface area contributed by atoms with Gasteiger partial charge in [-0.25, -0.2) is 8.78 Å². The zero-order valence-corrected chi connectivity index (χ0v) is 15.5. The number of anilines is 2. The lowest BCUT2D eigenvalue weighted by Gasteiger charge is -2.34. The molecule has 1 N–H and O–H groups in total. The average Bonchev–Trinajstić information content (AvgIpc) is 2.70. The molecule has 4 rings (SSSR count). The van der Waals surface area contributed by atoms with E-state index < -0.39 is 16.6 Å². The molecule has 0 saturated carbocycles. The minimum Gasteiger partial charge on any atom is -0.481 e. The lowest BCUT2D eigenvalue weighted by atomic mass is 9.90. The van der Waals surface area contributed by atoms with E-state index in [1.165, 1.54) is 12.1 Å². The molecule has 2 aromatic rings. The van der Waals surface area contributed by atoms with Crippen LogP contribution >= 0.6 is 0 Å². The topological polar surface area (TPSA) is 84.7 Å². The number of nitrogens with one attached hydrogen (secondary N) is 1. The van der Waals surface area contributed by atoms with Crippen molar-refractivity contribution in [2.24, 2.45) is 5.92 Å². The van der Waals surface area contributed by atoms with Crippen LogP contribution in [0, 0.1) is 27.7 Å². The first-order chi connectivity index (χ1) is 13.9. The van der Waals surface area contributed by atoms with Crippen molar-refractivity contribution in [2.75, 3.05) is 29.9 Å². The lowest BCUT2D eigenvalue weighted by Crippen LogP contribution is -2.35. The first kappa shape index (κ1) is 19.1. The van der Waals surface area contributed by atoms with Crippen molar-refractivity contribution in [1.82, 2.24) is 0 Å². The molecule has 1 saturated heterocycles. The van der Waals surface area contributed by atoms with Crippen LogP contribution in [0.15, 0.2) is 30.3 Å². The number of amides is 1. The molecule has 0 aliphatic carbocycles. The minimum atomic E-state index is -0.862. The Labute approximate surface area is 165 Å². The highest BCUT2D eigenvalue weighted by atomic mass is 19.2. The molecule has 2 heterocycles. The van der Waals surface area contributed by atoms with Crippen LogP contribution in [0.4, 0.5) is 25.8 Å². The third kappa shape index (κ3) is 3.98. The van der Waals surface area contributed by atoms with E-state index in [0.717, 1.165) is 24.5 Å². The highest BCUT2D eigenvalue weighted by Crippen LogP contribution is 2.41. The zero-order valence-electron chi connectivity index (χ0n) is 15.5. The van der Waals surface area contributed by atoms with Gasteiger partial charge in [-0.3, -0.25) is 14.9 Å². The Hall–Kier alpha value is -3.23. The Kier molecular flexibility index (Phi) is 5.04. The highest BCUT2D eigenvalue weighted by molar-refractivity contribution is 5.97. The van der Waals surface area contributed by atoms with Gasteiger partial charge < -0.3 is 15.0 Å². The van der Waals surface area contributed by atoms with Crippen molar-refractivity contribution in [3.8, 4) is 5.75 Å². The molecule has 7 nitrogen and oxygen atoms in total. The number of nitrogens with zero attached hydrogens (tertiary/aromatic N) is 2. The highest BCUT2D eigenvalue weighted by Gasteiger charge is 2.29. The summed E-state index contributed by atoms with van der Waals surface area (Å²) < 4.78 is 31.8.